The Morgan fingerprint density at radius 3 is 3.17 bits per heavy atom. The van der Waals surface area contributed by atoms with Crippen molar-refractivity contribution in [3.05, 3.63) is 28.6 Å². The summed E-state index contributed by atoms with van der Waals surface area (Å²) in [5, 5.41) is 4.32. The lowest BCUT2D eigenvalue weighted by atomic mass is 10.3. The summed E-state index contributed by atoms with van der Waals surface area (Å²) in [5.74, 6) is 0. The summed E-state index contributed by atoms with van der Waals surface area (Å²) in [6, 6.07) is 1.99. The van der Waals surface area contributed by atoms with E-state index in [2.05, 4.69) is 32.9 Å². The van der Waals surface area contributed by atoms with Gasteiger partial charge in [-0.2, -0.15) is 5.10 Å². The molecule has 0 aliphatic heterocycles. The van der Waals surface area contributed by atoms with Crippen molar-refractivity contribution in [2.24, 2.45) is 0 Å². The van der Waals surface area contributed by atoms with E-state index in [0.717, 1.165) is 22.2 Å². The van der Waals surface area contributed by atoms with Gasteiger partial charge in [0.25, 0.3) is 0 Å². The highest BCUT2D eigenvalue weighted by Gasteiger charge is 1.99. The zero-order chi connectivity index (χ0) is 8.55. The number of nitrogens with zero attached hydrogens (tertiary/aromatic N) is 3. The van der Waals surface area contributed by atoms with Crippen LogP contribution in [0.15, 0.2) is 22.9 Å². The zero-order valence-corrected chi connectivity index (χ0v) is 8.24. The predicted octanol–water partition coefficient (Wildman–Crippen LogP) is 2.05. The third-order valence-corrected chi connectivity index (χ3v) is 2.10. The molecule has 2 aromatic heterocycles. The first-order valence-corrected chi connectivity index (χ1v) is 4.58. The van der Waals surface area contributed by atoms with Gasteiger partial charge in [-0.15, -0.1) is 0 Å². The molecule has 0 unspecified atom stereocenters. The lowest BCUT2D eigenvalue weighted by Crippen LogP contribution is -1.89. The largest absolute Gasteiger partial charge is 0.236 e. The number of hydrogen-bond donors (Lipinski definition) is 0. The maximum Gasteiger partial charge on any atom is 0.155 e. The summed E-state index contributed by atoms with van der Waals surface area (Å²) in [4.78, 5) is 4.20. The topological polar surface area (TPSA) is 30.2 Å². The average Bonchev–Trinajstić information content (AvgIpc) is 2.46. The molecule has 4 heteroatoms. The molecule has 2 aromatic rings. The summed E-state index contributed by atoms with van der Waals surface area (Å²) < 4.78 is 2.73. The highest BCUT2D eigenvalue weighted by molar-refractivity contribution is 9.10. The van der Waals surface area contributed by atoms with Gasteiger partial charge >= 0.3 is 0 Å². The minimum atomic E-state index is 0.898. The van der Waals surface area contributed by atoms with Gasteiger partial charge in [-0.1, -0.05) is 6.92 Å². The van der Waals surface area contributed by atoms with Crippen LogP contribution in [0.25, 0.3) is 5.65 Å². The SMILES string of the molecule is CCc1cc2ncc(Br)cn2n1. The summed E-state index contributed by atoms with van der Waals surface area (Å²) in [5.41, 5.74) is 1.97. The molecule has 0 fully saturated rings. The summed E-state index contributed by atoms with van der Waals surface area (Å²) in [7, 11) is 0. The first-order valence-electron chi connectivity index (χ1n) is 3.79. The number of hydrogen-bond acceptors (Lipinski definition) is 2. The quantitative estimate of drug-likeness (QED) is 0.744. The third-order valence-electron chi connectivity index (χ3n) is 1.69. The Kier molecular flexibility index (Phi) is 1.84. The van der Waals surface area contributed by atoms with Crippen LogP contribution >= 0.6 is 15.9 Å². The standard InChI is InChI=1S/C8H8BrN3/c1-2-7-3-8-10-4-6(9)5-12(8)11-7/h3-5H,2H2,1H3. The van der Waals surface area contributed by atoms with Crippen molar-refractivity contribution in [3.8, 4) is 0 Å². The Balaban J connectivity index is 2.67. The van der Waals surface area contributed by atoms with E-state index in [1.54, 1.807) is 10.7 Å². The predicted molar refractivity (Wildman–Crippen MR) is 50.1 cm³/mol. The van der Waals surface area contributed by atoms with Crippen molar-refractivity contribution in [3.63, 3.8) is 0 Å². The van der Waals surface area contributed by atoms with E-state index in [4.69, 9.17) is 0 Å². The molecule has 0 radical (unpaired) electrons. The van der Waals surface area contributed by atoms with Gasteiger partial charge in [0.05, 0.1) is 10.2 Å². The van der Waals surface area contributed by atoms with Crippen molar-refractivity contribution in [2.75, 3.05) is 0 Å². The fraction of sp³-hybridized carbons (Fsp3) is 0.250. The Bertz CT molecular complexity index is 408. The van der Waals surface area contributed by atoms with Crippen LogP contribution in [-0.2, 0) is 6.42 Å². The van der Waals surface area contributed by atoms with E-state index in [1.807, 2.05) is 12.3 Å². The minimum absolute atomic E-state index is 0.898. The molecule has 0 saturated carbocycles. The van der Waals surface area contributed by atoms with Crippen LogP contribution in [0.3, 0.4) is 0 Å². The minimum Gasteiger partial charge on any atom is -0.236 e. The smallest absolute Gasteiger partial charge is 0.155 e. The van der Waals surface area contributed by atoms with Crippen molar-refractivity contribution in [1.29, 1.82) is 0 Å². The van der Waals surface area contributed by atoms with Gasteiger partial charge in [-0.05, 0) is 22.4 Å². The van der Waals surface area contributed by atoms with Gasteiger partial charge in [0, 0.05) is 18.5 Å². The van der Waals surface area contributed by atoms with Crippen LogP contribution in [0, 0.1) is 0 Å². The molecule has 0 N–H and O–H groups in total. The third kappa shape index (κ3) is 1.22. The van der Waals surface area contributed by atoms with Crippen LogP contribution < -0.4 is 0 Å². The fourth-order valence-electron chi connectivity index (χ4n) is 1.08. The molecule has 0 amide bonds. The molecule has 0 bridgehead atoms. The van der Waals surface area contributed by atoms with Gasteiger partial charge < -0.3 is 0 Å². The Morgan fingerprint density at radius 1 is 1.58 bits per heavy atom. The Morgan fingerprint density at radius 2 is 2.42 bits per heavy atom. The van der Waals surface area contributed by atoms with Crippen molar-refractivity contribution in [1.82, 2.24) is 14.6 Å². The summed E-state index contributed by atoms with van der Waals surface area (Å²) >= 11 is 3.34. The van der Waals surface area contributed by atoms with Gasteiger partial charge in [0.1, 0.15) is 0 Å². The fourth-order valence-corrected chi connectivity index (χ4v) is 1.37. The van der Waals surface area contributed by atoms with Crippen molar-refractivity contribution >= 4 is 21.6 Å². The van der Waals surface area contributed by atoms with Crippen LogP contribution in [0.5, 0.6) is 0 Å². The lowest BCUT2D eigenvalue weighted by molar-refractivity contribution is 0.883. The molecular formula is C8H8BrN3. The van der Waals surface area contributed by atoms with E-state index in [-0.39, 0.29) is 0 Å². The highest BCUT2D eigenvalue weighted by Crippen LogP contribution is 2.09. The maximum absolute atomic E-state index is 4.32. The highest BCUT2D eigenvalue weighted by atomic mass is 79.9. The molecule has 0 aliphatic carbocycles. The van der Waals surface area contributed by atoms with Gasteiger partial charge in [-0.25, -0.2) is 9.50 Å². The van der Waals surface area contributed by atoms with Gasteiger partial charge in [0.15, 0.2) is 5.65 Å². The molecule has 0 saturated heterocycles. The Hall–Kier alpha value is -0.900. The monoisotopic (exact) mass is 225 g/mol. The normalized spacial score (nSPS) is 10.8. The Labute approximate surface area is 78.6 Å². The maximum atomic E-state index is 4.32. The second-order valence-electron chi connectivity index (χ2n) is 2.56. The molecule has 0 aromatic carbocycles. The first-order chi connectivity index (χ1) is 5.79. The van der Waals surface area contributed by atoms with E-state index in [0.29, 0.717) is 0 Å². The second kappa shape index (κ2) is 2.86. The number of aryl methyl sites for hydroxylation is 1. The summed E-state index contributed by atoms with van der Waals surface area (Å²) in [6.07, 6.45) is 4.62. The van der Waals surface area contributed by atoms with E-state index in [1.165, 1.54) is 0 Å². The van der Waals surface area contributed by atoms with Crippen molar-refractivity contribution < 1.29 is 0 Å². The molecular weight excluding hydrogens is 218 g/mol. The van der Waals surface area contributed by atoms with E-state index < -0.39 is 0 Å². The van der Waals surface area contributed by atoms with Crippen LogP contribution in [0.4, 0.5) is 0 Å². The molecule has 0 aliphatic rings. The van der Waals surface area contributed by atoms with E-state index >= 15 is 0 Å². The number of halogens is 1. The van der Waals surface area contributed by atoms with Crippen LogP contribution in [0.1, 0.15) is 12.6 Å². The molecule has 3 nitrogen and oxygen atoms in total. The number of aromatic nitrogens is 3. The van der Waals surface area contributed by atoms with Crippen LogP contribution in [0.2, 0.25) is 0 Å². The molecule has 0 spiro atoms. The first kappa shape index (κ1) is 7.73. The van der Waals surface area contributed by atoms with Gasteiger partial charge in [-0.3, -0.25) is 0 Å². The molecule has 2 heterocycles. The average molecular weight is 226 g/mol. The number of rotatable bonds is 1. The number of fused-ring (bicyclic) bond motifs is 1. The summed E-state index contributed by atoms with van der Waals surface area (Å²) in [6.45, 7) is 2.08. The lowest BCUT2D eigenvalue weighted by Gasteiger charge is -1.90. The molecule has 12 heavy (non-hydrogen) atoms. The molecule has 62 valence electrons. The molecule has 2 rings (SSSR count). The second-order valence-corrected chi connectivity index (χ2v) is 3.48. The molecule has 0 atom stereocenters. The van der Waals surface area contributed by atoms with Gasteiger partial charge in [0.2, 0.25) is 0 Å². The van der Waals surface area contributed by atoms with Crippen LogP contribution in [-0.4, -0.2) is 14.6 Å². The zero-order valence-electron chi connectivity index (χ0n) is 6.66. The van der Waals surface area contributed by atoms with Crippen molar-refractivity contribution in [2.45, 2.75) is 13.3 Å². The van der Waals surface area contributed by atoms with E-state index in [9.17, 15) is 0 Å².